The monoisotopic (exact) mass is 251 g/mol. The van der Waals surface area contributed by atoms with Crippen molar-refractivity contribution in [2.24, 2.45) is 0 Å². The number of carbonyl (C=O) groups is 1. The van der Waals surface area contributed by atoms with Crippen molar-refractivity contribution in [3.05, 3.63) is 18.2 Å². The number of rotatable bonds is 5. The third-order valence-corrected chi connectivity index (χ3v) is 3.41. The number of carbonyl (C=O) groups excluding carboxylic acids is 1. The zero-order chi connectivity index (χ0) is 13.8. The molecule has 4 nitrogen and oxygen atoms in total. The Morgan fingerprint density at radius 2 is 1.89 bits per heavy atom. The van der Waals surface area contributed by atoms with Crippen LogP contribution in [0.2, 0.25) is 0 Å². The van der Waals surface area contributed by atoms with Gasteiger partial charge in [-0.15, -0.1) is 0 Å². The lowest BCUT2D eigenvalue weighted by atomic mass is 9.79. The van der Waals surface area contributed by atoms with E-state index in [-0.39, 0.29) is 11.4 Å². The van der Waals surface area contributed by atoms with E-state index < -0.39 is 0 Å². The van der Waals surface area contributed by atoms with E-state index in [1.807, 2.05) is 6.20 Å². The highest BCUT2D eigenvalue weighted by molar-refractivity contribution is 5.76. The Labute approximate surface area is 110 Å². The first-order valence-electron chi connectivity index (χ1n) is 6.70. The molecule has 0 aliphatic carbocycles. The molecule has 0 saturated carbocycles. The van der Waals surface area contributed by atoms with Crippen molar-refractivity contribution in [2.45, 2.75) is 51.9 Å². The molecule has 1 rings (SSSR count). The van der Waals surface area contributed by atoms with Crippen molar-refractivity contribution in [2.75, 3.05) is 14.1 Å². The van der Waals surface area contributed by atoms with Gasteiger partial charge in [0.25, 0.3) is 0 Å². The Kier molecular flexibility index (Phi) is 4.93. The van der Waals surface area contributed by atoms with E-state index in [4.69, 9.17) is 0 Å². The summed E-state index contributed by atoms with van der Waals surface area (Å²) in [4.78, 5) is 17.9. The van der Waals surface area contributed by atoms with Crippen molar-refractivity contribution in [3.63, 3.8) is 0 Å². The van der Waals surface area contributed by atoms with Gasteiger partial charge in [-0.1, -0.05) is 33.6 Å². The van der Waals surface area contributed by atoms with Crippen LogP contribution < -0.4 is 0 Å². The second-order valence-corrected chi connectivity index (χ2v) is 5.40. The van der Waals surface area contributed by atoms with Crippen LogP contribution in [0.4, 0.5) is 4.79 Å². The van der Waals surface area contributed by atoms with Crippen LogP contribution in [0, 0.1) is 0 Å². The van der Waals surface area contributed by atoms with Crippen LogP contribution in [-0.4, -0.2) is 34.6 Å². The van der Waals surface area contributed by atoms with Gasteiger partial charge in [0, 0.05) is 25.7 Å². The first kappa shape index (κ1) is 14.7. The summed E-state index contributed by atoms with van der Waals surface area (Å²) in [5.41, 5.74) is 1.11. The maximum absolute atomic E-state index is 11.8. The number of hydrogen-bond acceptors (Lipinski definition) is 2. The Hall–Kier alpha value is -1.32. The van der Waals surface area contributed by atoms with Gasteiger partial charge in [-0.25, -0.2) is 9.78 Å². The van der Waals surface area contributed by atoms with Crippen molar-refractivity contribution in [1.82, 2.24) is 14.5 Å². The second kappa shape index (κ2) is 6.03. The summed E-state index contributed by atoms with van der Waals surface area (Å²) in [6.45, 7) is 6.62. The fourth-order valence-electron chi connectivity index (χ4n) is 2.45. The molecule has 0 fully saturated rings. The highest BCUT2D eigenvalue weighted by Gasteiger charge is 2.27. The van der Waals surface area contributed by atoms with Crippen LogP contribution in [0.15, 0.2) is 12.5 Å². The summed E-state index contributed by atoms with van der Waals surface area (Å²) in [6, 6.07) is -0.0518. The zero-order valence-electron chi connectivity index (χ0n) is 12.2. The van der Waals surface area contributed by atoms with Crippen molar-refractivity contribution in [1.29, 1.82) is 0 Å². The van der Waals surface area contributed by atoms with Crippen molar-refractivity contribution < 1.29 is 4.79 Å². The van der Waals surface area contributed by atoms with Crippen LogP contribution in [0.3, 0.4) is 0 Å². The fourth-order valence-corrected chi connectivity index (χ4v) is 2.45. The molecule has 0 aromatic carbocycles. The average molecular weight is 251 g/mol. The number of aromatic nitrogens is 2. The molecule has 1 amide bonds. The molecule has 18 heavy (non-hydrogen) atoms. The molecule has 0 bridgehead atoms. The minimum atomic E-state index is -0.0518. The fraction of sp³-hybridized carbons (Fsp3) is 0.714. The third-order valence-electron chi connectivity index (χ3n) is 3.41. The number of nitrogens with zero attached hydrogens (tertiary/aromatic N) is 3. The zero-order valence-corrected chi connectivity index (χ0v) is 12.2. The van der Waals surface area contributed by atoms with Gasteiger partial charge in [0.1, 0.15) is 6.33 Å². The lowest BCUT2D eigenvalue weighted by Gasteiger charge is -2.26. The van der Waals surface area contributed by atoms with E-state index in [0.29, 0.717) is 0 Å². The van der Waals surface area contributed by atoms with Gasteiger partial charge in [0.15, 0.2) is 0 Å². The summed E-state index contributed by atoms with van der Waals surface area (Å²) in [6.07, 6.45) is 7.98. The van der Waals surface area contributed by atoms with Gasteiger partial charge < -0.3 is 4.90 Å². The molecule has 0 saturated heterocycles. The lowest BCUT2D eigenvalue weighted by molar-refractivity contribution is 0.219. The summed E-state index contributed by atoms with van der Waals surface area (Å²) >= 11 is 0. The molecule has 0 N–H and O–H groups in total. The normalized spacial score (nSPS) is 11.6. The van der Waals surface area contributed by atoms with E-state index in [9.17, 15) is 4.79 Å². The standard InChI is InChI=1S/C14H25N3O/c1-6-8-14(3,9-7-2)12-10-17(11-15-12)13(18)16(4)5/h10-11H,6-9H2,1-5H3. The second-order valence-electron chi connectivity index (χ2n) is 5.40. The Bertz CT molecular complexity index is 389. The summed E-state index contributed by atoms with van der Waals surface area (Å²) in [5, 5.41) is 0. The van der Waals surface area contributed by atoms with Crippen LogP contribution >= 0.6 is 0 Å². The minimum Gasteiger partial charge on any atom is -0.330 e. The van der Waals surface area contributed by atoms with E-state index in [1.54, 1.807) is 29.9 Å². The van der Waals surface area contributed by atoms with Crippen LogP contribution in [0.1, 0.15) is 52.1 Å². The first-order chi connectivity index (χ1) is 8.44. The molecule has 4 heteroatoms. The molecule has 0 aliphatic heterocycles. The van der Waals surface area contributed by atoms with Gasteiger partial charge in [0.05, 0.1) is 5.69 Å². The van der Waals surface area contributed by atoms with Gasteiger partial charge in [-0.3, -0.25) is 4.57 Å². The smallest absolute Gasteiger partial charge is 0.328 e. The average Bonchev–Trinajstić information content (AvgIpc) is 2.78. The Balaban J connectivity index is 2.98. The van der Waals surface area contributed by atoms with Gasteiger partial charge >= 0.3 is 6.03 Å². The Morgan fingerprint density at radius 1 is 1.33 bits per heavy atom. The summed E-state index contributed by atoms with van der Waals surface area (Å²) in [7, 11) is 3.50. The molecule has 1 heterocycles. The van der Waals surface area contributed by atoms with Gasteiger partial charge in [-0.2, -0.15) is 0 Å². The number of amides is 1. The van der Waals surface area contributed by atoms with E-state index in [0.717, 1.165) is 31.4 Å². The van der Waals surface area contributed by atoms with E-state index in [1.165, 1.54) is 0 Å². The molecule has 0 spiro atoms. The molecule has 0 aliphatic rings. The molecular formula is C14H25N3O. The number of hydrogen-bond donors (Lipinski definition) is 0. The number of imidazole rings is 1. The molecule has 102 valence electrons. The summed E-state index contributed by atoms with van der Waals surface area (Å²) < 4.78 is 1.57. The molecular weight excluding hydrogens is 226 g/mol. The minimum absolute atomic E-state index is 0.0518. The molecule has 1 aromatic heterocycles. The highest BCUT2D eigenvalue weighted by atomic mass is 16.2. The molecule has 1 aromatic rings. The SMILES string of the molecule is CCCC(C)(CCC)c1cn(C(=O)N(C)C)cn1. The molecule has 0 atom stereocenters. The van der Waals surface area contributed by atoms with Crippen LogP contribution in [0.25, 0.3) is 0 Å². The predicted molar refractivity (Wildman–Crippen MR) is 73.9 cm³/mol. The maximum atomic E-state index is 11.8. The predicted octanol–water partition coefficient (Wildman–Crippen LogP) is 3.27. The molecule has 0 unspecified atom stereocenters. The third kappa shape index (κ3) is 3.12. The quantitative estimate of drug-likeness (QED) is 0.805. The summed E-state index contributed by atoms with van der Waals surface area (Å²) in [5.74, 6) is 0. The van der Waals surface area contributed by atoms with Crippen LogP contribution in [-0.2, 0) is 5.41 Å². The van der Waals surface area contributed by atoms with Gasteiger partial charge in [-0.05, 0) is 12.8 Å². The van der Waals surface area contributed by atoms with Crippen molar-refractivity contribution in [3.8, 4) is 0 Å². The van der Waals surface area contributed by atoms with E-state index in [2.05, 4.69) is 25.8 Å². The lowest BCUT2D eigenvalue weighted by Crippen LogP contribution is -2.26. The van der Waals surface area contributed by atoms with Crippen LogP contribution in [0.5, 0.6) is 0 Å². The topological polar surface area (TPSA) is 38.1 Å². The van der Waals surface area contributed by atoms with Gasteiger partial charge in [0.2, 0.25) is 0 Å². The highest BCUT2D eigenvalue weighted by Crippen LogP contribution is 2.32. The molecule has 0 radical (unpaired) electrons. The Morgan fingerprint density at radius 3 is 2.33 bits per heavy atom. The van der Waals surface area contributed by atoms with Crippen molar-refractivity contribution >= 4 is 6.03 Å². The largest absolute Gasteiger partial charge is 0.330 e. The van der Waals surface area contributed by atoms with E-state index >= 15 is 0 Å². The first-order valence-corrected chi connectivity index (χ1v) is 6.70. The maximum Gasteiger partial charge on any atom is 0.328 e.